The fourth-order valence-corrected chi connectivity index (χ4v) is 4.94. The number of nitrogens with two attached hydrogens (primary N) is 1. The normalized spacial score (nSPS) is 23.1. The molecular weight excluding hydrogens is 382 g/mol. The van der Waals surface area contributed by atoms with Crippen LogP contribution in [0.15, 0.2) is 0 Å². The fourth-order valence-electron chi connectivity index (χ4n) is 4.00. The Labute approximate surface area is 170 Å². The van der Waals surface area contributed by atoms with Gasteiger partial charge in [-0.3, -0.25) is 4.79 Å². The number of carbonyl (C=O) groups is 3. The molecule has 2 amide bonds. The van der Waals surface area contributed by atoms with E-state index in [9.17, 15) is 19.5 Å². The second kappa shape index (κ2) is 10.3. The fraction of sp³-hybridized carbons (Fsp3) is 0.842. The van der Waals surface area contributed by atoms with Crippen molar-refractivity contribution in [3.63, 3.8) is 0 Å². The number of nitrogens with zero attached hydrogens (tertiary/aromatic N) is 1. The van der Waals surface area contributed by atoms with Crippen LogP contribution in [0.4, 0.5) is 4.79 Å². The molecule has 9 heteroatoms. The number of hydrogen-bond donors (Lipinski definition) is 3. The Bertz CT molecular complexity index is 554. The van der Waals surface area contributed by atoms with Crippen LogP contribution in [0.3, 0.4) is 0 Å². The van der Waals surface area contributed by atoms with E-state index in [0.29, 0.717) is 25.3 Å². The summed E-state index contributed by atoms with van der Waals surface area (Å²) < 4.78 is 4.63. The highest BCUT2D eigenvalue weighted by Crippen LogP contribution is 2.29. The number of thioether (sulfide) groups is 1. The van der Waals surface area contributed by atoms with Crippen molar-refractivity contribution in [3.8, 4) is 0 Å². The van der Waals surface area contributed by atoms with Crippen molar-refractivity contribution in [1.82, 2.24) is 10.2 Å². The van der Waals surface area contributed by atoms with Gasteiger partial charge in [-0.25, -0.2) is 9.59 Å². The van der Waals surface area contributed by atoms with Crippen LogP contribution in [-0.4, -0.2) is 64.3 Å². The smallest absolute Gasteiger partial charge is 0.329 e. The number of nitrogens with one attached hydrogen (secondary N) is 1. The van der Waals surface area contributed by atoms with Crippen LogP contribution in [0, 0.1) is 0 Å². The Morgan fingerprint density at radius 3 is 2.07 bits per heavy atom. The van der Waals surface area contributed by atoms with E-state index >= 15 is 0 Å². The summed E-state index contributed by atoms with van der Waals surface area (Å²) in [6, 6.07) is -0.223. The first-order chi connectivity index (χ1) is 13.3. The van der Waals surface area contributed by atoms with Gasteiger partial charge in [0.2, 0.25) is 0 Å². The number of aliphatic carboxylic acids is 1. The maximum Gasteiger partial charge on any atom is 0.329 e. The number of rotatable bonds is 3. The van der Waals surface area contributed by atoms with Gasteiger partial charge in [0.1, 0.15) is 11.1 Å². The first-order valence-electron chi connectivity index (χ1n) is 10.1. The molecule has 1 saturated heterocycles. The minimum Gasteiger partial charge on any atom is -0.480 e. The van der Waals surface area contributed by atoms with Crippen molar-refractivity contribution in [2.45, 2.75) is 75.3 Å². The van der Waals surface area contributed by atoms with Gasteiger partial charge >= 0.3 is 18.0 Å². The van der Waals surface area contributed by atoms with Crippen molar-refractivity contribution in [2.75, 3.05) is 25.3 Å². The van der Waals surface area contributed by atoms with E-state index in [-0.39, 0.29) is 12.0 Å². The zero-order valence-corrected chi connectivity index (χ0v) is 17.5. The Morgan fingerprint density at radius 1 is 1.04 bits per heavy atom. The number of esters is 1. The quantitative estimate of drug-likeness (QED) is 0.605. The number of methoxy groups -OCH3 is 1. The number of carboxylic acids is 1. The predicted octanol–water partition coefficient (Wildman–Crippen LogP) is 2.31. The number of amides is 2. The molecule has 0 aromatic carbocycles. The number of urea groups is 1. The maximum absolute atomic E-state index is 12.0. The highest BCUT2D eigenvalue weighted by molar-refractivity contribution is 7.99. The summed E-state index contributed by atoms with van der Waals surface area (Å²) in [6.45, 7) is 0.714. The van der Waals surface area contributed by atoms with Gasteiger partial charge in [0.05, 0.1) is 13.0 Å². The van der Waals surface area contributed by atoms with Crippen LogP contribution < -0.4 is 11.1 Å². The molecule has 2 saturated carbocycles. The van der Waals surface area contributed by atoms with E-state index in [0.717, 1.165) is 50.7 Å². The van der Waals surface area contributed by atoms with Crippen molar-refractivity contribution in [1.29, 1.82) is 0 Å². The largest absolute Gasteiger partial charge is 0.480 e. The molecule has 4 N–H and O–H groups in total. The standard InChI is InChI=1S/C11H18N2O3S.C8H15NO2/c14-9(15)11(4-2-1-3-5-11)12-10(16)13-6-7-17-8-13;1-11-7(10)8(9)5-3-2-4-6-8/h1-8H2,(H,12,16)(H,14,15);2-6,9H2,1H3. The average Bonchev–Trinajstić information content (AvgIpc) is 3.24. The van der Waals surface area contributed by atoms with Crippen LogP contribution in [0.2, 0.25) is 0 Å². The molecule has 0 aromatic rings. The summed E-state index contributed by atoms with van der Waals surface area (Å²) >= 11 is 1.70. The summed E-state index contributed by atoms with van der Waals surface area (Å²) in [7, 11) is 1.39. The average molecular weight is 416 g/mol. The van der Waals surface area contributed by atoms with Crippen LogP contribution >= 0.6 is 11.8 Å². The minimum absolute atomic E-state index is 0.223. The van der Waals surface area contributed by atoms with Gasteiger partial charge in [0, 0.05) is 12.3 Å². The molecule has 0 aromatic heterocycles. The van der Waals surface area contributed by atoms with Gasteiger partial charge < -0.3 is 25.8 Å². The van der Waals surface area contributed by atoms with Gasteiger partial charge in [0.15, 0.2) is 0 Å². The van der Waals surface area contributed by atoms with Crippen LogP contribution in [0.5, 0.6) is 0 Å². The topological polar surface area (TPSA) is 122 Å². The van der Waals surface area contributed by atoms with Gasteiger partial charge in [-0.1, -0.05) is 38.5 Å². The Kier molecular flexibility index (Phi) is 8.42. The van der Waals surface area contributed by atoms with Crippen molar-refractivity contribution < 1.29 is 24.2 Å². The van der Waals surface area contributed by atoms with Gasteiger partial charge in [-0.05, 0) is 25.7 Å². The first-order valence-corrected chi connectivity index (χ1v) is 11.2. The van der Waals surface area contributed by atoms with Gasteiger partial charge in [-0.2, -0.15) is 0 Å². The monoisotopic (exact) mass is 415 g/mol. The second-order valence-corrected chi connectivity index (χ2v) is 8.96. The van der Waals surface area contributed by atoms with Gasteiger partial charge in [0.25, 0.3) is 0 Å². The molecule has 0 unspecified atom stereocenters. The molecule has 0 radical (unpaired) electrons. The zero-order valence-electron chi connectivity index (χ0n) is 16.7. The van der Waals surface area contributed by atoms with E-state index in [1.165, 1.54) is 13.5 Å². The number of carbonyl (C=O) groups excluding carboxylic acids is 2. The Balaban J connectivity index is 0.000000221. The molecular formula is C19H33N3O5S. The molecule has 0 spiro atoms. The van der Waals surface area contributed by atoms with E-state index < -0.39 is 17.0 Å². The number of ether oxygens (including phenoxy) is 1. The Hall–Kier alpha value is -1.48. The zero-order chi connectivity index (χ0) is 20.6. The van der Waals surface area contributed by atoms with E-state index in [1.807, 2.05) is 0 Å². The molecule has 160 valence electrons. The summed E-state index contributed by atoms with van der Waals surface area (Å²) in [5.74, 6) is 0.462. The molecule has 3 fully saturated rings. The molecule has 28 heavy (non-hydrogen) atoms. The molecule has 3 rings (SSSR count). The van der Waals surface area contributed by atoms with Crippen LogP contribution in [-0.2, 0) is 14.3 Å². The summed E-state index contributed by atoms with van der Waals surface area (Å²) in [4.78, 5) is 36.2. The van der Waals surface area contributed by atoms with Crippen molar-refractivity contribution >= 4 is 29.7 Å². The van der Waals surface area contributed by atoms with Crippen molar-refractivity contribution in [3.05, 3.63) is 0 Å². The van der Waals surface area contributed by atoms with E-state index in [4.69, 9.17) is 5.73 Å². The summed E-state index contributed by atoms with van der Waals surface area (Å²) in [5, 5.41) is 12.1. The first kappa shape index (κ1) is 22.8. The highest BCUT2D eigenvalue weighted by Gasteiger charge is 2.42. The Morgan fingerprint density at radius 2 is 1.61 bits per heavy atom. The molecule has 0 atom stereocenters. The van der Waals surface area contributed by atoms with Crippen LogP contribution in [0.1, 0.15) is 64.2 Å². The summed E-state index contributed by atoms with van der Waals surface area (Å²) in [6.07, 6.45) is 8.75. The third-order valence-electron chi connectivity index (χ3n) is 5.84. The molecule has 8 nitrogen and oxygen atoms in total. The lowest BCUT2D eigenvalue weighted by Crippen LogP contribution is -2.58. The van der Waals surface area contributed by atoms with E-state index in [1.54, 1.807) is 16.7 Å². The number of carboxylic acid groups (broad SMARTS) is 1. The summed E-state index contributed by atoms with van der Waals surface area (Å²) in [5.41, 5.74) is 4.14. The lowest BCUT2D eigenvalue weighted by molar-refractivity contribution is -0.148. The molecule has 2 aliphatic carbocycles. The molecule has 1 aliphatic heterocycles. The molecule has 1 heterocycles. The predicted molar refractivity (Wildman–Crippen MR) is 108 cm³/mol. The van der Waals surface area contributed by atoms with E-state index in [2.05, 4.69) is 10.1 Å². The lowest BCUT2D eigenvalue weighted by Gasteiger charge is -2.35. The molecule has 0 bridgehead atoms. The third kappa shape index (κ3) is 5.76. The second-order valence-electron chi connectivity index (χ2n) is 7.89. The lowest BCUT2D eigenvalue weighted by atomic mass is 9.82. The highest BCUT2D eigenvalue weighted by atomic mass is 32.2. The van der Waals surface area contributed by atoms with Crippen LogP contribution in [0.25, 0.3) is 0 Å². The minimum atomic E-state index is -1.03. The third-order valence-corrected chi connectivity index (χ3v) is 6.81. The maximum atomic E-state index is 12.0. The van der Waals surface area contributed by atoms with Gasteiger partial charge in [-0.15, -0.1) is 11.8 Å². The SMILES string of the molecule is COC(=O)C1(N)CCCCC1.O=C(NC1(C(=O)O)CCCCC1)N1CCSC1. The molecule has 3 aliphatic rings. The number of hydrogen-bond acceptors (Lipinski definition) is 6. The van der Waals surface area contributed by atoms with Crippen molar-refractivity contribution in [2.24, 2.45) is 5.73 Å².